The van der Waals surface area contributed by atoms with Crippen LogP contribution in [-0.2, 0) is 12.6 Å². The van der Waals surface area contributed by atoms with Gasteiger partial charge in [-0.05, 0) is 93.4 Å². The maximum Gasteiger partial charge on any atom is -0.0128 e. The van der Waals surface area contributed by atoms with Crippen LogP contribution < -0.4 is 0 Å². The molecule has 0 radical (unpaired) electrons. The lowest BCUT2D eigenvalue weighted by molar-refractivity contribution is 0.0678. The van der Waals surface area contributed by atoms with Crippen molar-refractivity contribution in [2.45, 2.75) is 59.5 Å². The number of fused-ring (bicyclic) bond motifs is 2. The fourth-order valence-electron chi connectivity index (χ4n) is 5.90. The highest BCUT2D eigenvalue weighted by molar-refractivity contribution is 7.15. The maximum atomic E-state index is 2.82. The van der Waals surface area contributed by atoms with Crippen LogP contribution in [-0.4, -0.2) is 0 Å². The molecule has 0 heterocycles. The summed E-state index contributed by atoms with van der Waals surface area (Å²) in [6.45, 7) is 9.82. The third-order valence-electron chi connectivity index (χ3n) is 6.32. The normalized spacial score (nSPS) is 19.6. The van der Waals surface area contributed by atoms with Crippen LogP contribution in [0, 0.1) is 16.7 Å². The second-order valence-corrected chi connectivity index (χ2v) is 10.8. The van der Waals surface area contributed by atoms with Gasteiger partial charge in [-0.15, -0.1) is 9.24 Å². The molecular formula is C26H33P. The van der Waals surface area contributed by atoms with E-state index in [9.17, 15) is 0 Å². The zero-order valence-corrected chi connectivity index (χ0v) is 18.5. The van der Waals surface area contributed by atoms with Gasteiger partial charge in [-0.2, -0.15) is 0 Å². The molecule has 142 valence electrons. The molecule has 1 fully saturated rings. The van der Waals surface area contributed by atoms with E-state index in [-0.39, 0.29) is 0 Å². The van der Waals surface area contributed by atoms with Crippen molar-refractivity contribution in [2.75, 3.05) is 0 Å². The molecule has 0 bridgehead atoms. The quantitative estimate of drug-likeness (QED) is 0.323. The Morgan fingerprint density at radius 1 is 0.741 bits per heavy atom. The fraction of sp³-hybridized carbons (Fsp3) is 0.462. The molecule has 0 saturated heterocycles. The van der Waals surface area contributed by atoms with E-state index in [0.29, 0.717) is 10.8 Å². The molecule has 0 aromatic heterocycles. The molecule has 27 heavy (non-hydrogen) atoms. The lowest BCUT2D eigenvalue weighted by Crippen LogP contribution is -2.34. The van der Waals surface area contributed by atoms with Gasteiger partial charge in [0.25, 0.3) is 0 Å². The van der Waals surface area contributed by atoms with Crippen molar-refractivity contribution in [3.8, 4) is 0 Å². The molecular weight excluding hydrogens is 343 g/mol. The Kier molecular flexibility index (Phi) is 4.84. The first kappa shape index (κ1) is 18.9. The highest BCUT2D eigenvalue weighted by Crippen LogP contribution is 2.49. The van der Waals surface area contributed by atoms with Crippen molar-refractivity contribution < 1.29 is 0 Å². The summed E-state index contributed by atoms with van der Waals surface area (Å²) in [6, 6.07) is 18.7. The Bertz CT molecular complexity index is 964. The Morgan fingerprint density at radius 3 is 1.81 bits per heavy atom. The Balaban J connectivity index is 1.64. The molecule has 1 heteroatoms. The van der Waals surface area contributed by atoms with Crippen LogP contribution in [0.25, 0.3) is 21.5 Å². The average Bonchev–Trinajstić information content (AvgIpc) is 2.56. The molecule has 1 aliphatic rings. The van der Waals surface area contributed by atoms with Crippen LogP contribution in [0.5, 0.6) is 0 Å². The SMILES string of the molecule is CC1(C)CC(Cc2ccc3cc4cc(CP)ccc4cc3c2)CC(C)(C)C1. The summed E-state index contributed by atoms with van der Waals surface area (Å²) < 4.78 is 0. The van der Waals surface area contributed by atoms with E-state index in [1.807, 2.05) is 0 Å². The van der Waals surface area contributed by atoms with Gasteiger partial charge < -0.3 is 0 Å². The molecule has 1 unspecified atom stereocenters. The summed E-state index contributed by atoms with van der Waals surface area (Å²) in [4.78, 5) is 0. The lowest BCUT2D eigenvalue weighted by atomic mass is 9.60. The molecule has 0 nitrogen and oxygen atoms in total. The summed E-state index contributed by atoms with van der Waals surface area (Å²) in [6.07, 6.45) is 6.28. The number of hydrogen-bond donors (Lipinski definition) is 0. The van der Waals surface area contributed by atoms with Gasteiger partial charge in [0.05, 0.1) is 0 Å². The molecule has 0 N–H and O–H groups in total. The maximum absolute atomic E-state index is 2.82. The minimum absolute atomic E-state index is 0.467. The van der Waals surface area contributed by atoms with Gasteiger partial charge in [-0.25, -0.2) is 0 Å². The molecule has 4 rings (SSSR count). The predicted octanol–water partition coefficient (Wildman–Crippen LogP) is 7.76. The first-order chi connectivity index (χ1) is 12.7. The van der Waals surface area contributed by atoms with Crippen molar-refractivity contribution in [2.24, 2.45) is 16.7 Å². The summed E-state index contributed by atoms with van der Waals surface area (Å²) in [7, 11) is 2.82. The van der Waals surface area contributed by atoms with E-state index in [1.54, 1.807) is 0 Å². The highest BCUT2D eigenvalue weighted by Gasteiger charge is 2.38. The average molecular weight is 377 g/mol. The minimum Gasteiger partial charge on any atom is -0.133 e. The summed E-state index contributed by atoms with van der Waals surface area (Å²) in [5.41, 5.74) is 3.82. The predicted molar refractivity (Wildman–Crippen MR) is 123 cm³/mol. The Hall–Kier alpha value is -1.39. The number of benzene rings is 3. The molecule has 3 aromatic rings. The smallest absolute Gasteiger partial charge is 0.0128 e. The Morgan fingerprint density at radius 2 is 1.26 bits per heavy atom. The summed E-state index contributed by atoms with van der Waals surface area (Å²) >= 11 is 0. The second-order valence-electron chi connectivity index (χ2n) is 10.4. The van der Waals surface area contributed by atoms with Crippen molar-refractivity contribution in [1.82, 2.24) is 0 Å². The van der Waals surface area contributed by atoms with Crippen molar-refractivity contribution in [3.63, 3.8) is 0 Å². The van der Waals surface area contributed by atoms with Gasteiger partial charge in [0.1, 0.15) is 0 Å². The van der Waals surface area contributed by atoms with Gasteiger partial charge in [0.15, 0.2) is 0 Å². The minimum atomic E-state index is 0.467. The zero-order valence-electron chi connectivity index (χ0n) is 17.3. The van der Waals surface area contributed by atoms with Gasteiger partial charge >= 0.3 is 0 Å². The van der Waals surface area contributed by atoms with Crippen LogP contribution >= 0.6 is 9.24 Å². The molecule has 3 aromatic carbocycles. The van der Waals surface area contributed by atoms with E-state index in [4.69, 9.17) is 0 Å². The van der Waals surface area contributed by atoms with Crippen LogP contribution in [0.4, 0.5) is 0 Å². The Labute approximate surface area is 166 Å². The largest absolute Gasteiger partial charge is 0.133 e. The molecule has 1 atom stereocenters. The highest BCUT2D eigenvalue weighted by atomic mass is 31.0. The van der Waals surface area contributed by atoms with Crippen molar-refractivity contribution in [1.29, 1.82) is 0 Å². The summed E-state index contributed by atoms with van der Waals surface area (Å²) in [5, 5.41) is 5.44. The van der Waals surface area contributed by atoms with Crippen LogP contribution in [0.3, 0.4) is 0 Å². The standard InChI is InChI=1S/C26H33P/c1-25(2)14-20(15-26(3,4)17-25)9-18-5-7-21-13-24-11-19(16-27)6-8-22(24)12-23(21)10-18/h5-8,10-13,20H,9,14-17,27H2,1-4H3. The van der Waals surface area contributed by atoms with E-state index in [2.05, 4.69) is 85.5 Å². The third kappa shape index (κ3) is 4.22. The van der Waals surface area contributed by atoms with Gasteiger partial charge in [-0.3, -0.25) is 0 Å². The van der Waals surface area contributed by atoms with E-state index in [1.165, 1.54) is 58.4 Å². The first-order valence-electron chi connectivity index (χ1n) is 10.4. The van der Waals surface area contributed by atoms with Gasteiger partial charge in [-0.1, -0.05) is 64.1 Å². The van der Waals surface area contributed by atoms with Crippen LogP contribution in [0.2, 0.25) is 0 Å². The monoisotopic (exact) mass is 376 g/mol. The summed E-state index contributed by atoms with van der Waals surface area (Å²) in [5.74, 6) is 0.797. The van der Waals surface area contributed by atoms with Gasteiger partial charge in [0, 0.05) is 0 Å². The lowest BCUT2D eigenvalue weighted by Gasteiger charge is -2.45. The van der Waals surface area contributed by atoms with Gasteiger partial charge in [0.2, 0.25) is 0 Å². The molecule has 0 aliphatic heterocycles. The molecule has 1 saturated carbocycles. The van der Waals surface area contributed by atoms with Crippen LogP contribution in [0.1, 0.15) is 58.1 Å². The number of hydrogen-bond acceptors (Lipinski definition) is 0. The molecule has 0 amide bonds. The molecule has 0 spiro atoms. The first-order valence-corrected chi connectivity index (χ1v) is 11.2. The van der Waals surface area contributed by atoms with Crippen LogP contribution in [0.15, 0.2) is 48.5 Å². The second kappa shape index (κ2) is 6.89. The topological polar surface area (TPSA) is 0 Å². The van der Waals surface area contributed by atoms with Crippen molar-refractivity contribution >= 4 is 30.8 Å². The van der Waals surface area contributed by atoms with E-state index < -0.39 is 0 Å². The number of rotatable bonds is 3. The zero-order chi connectivity index (χ0) is 19.2. The fourth-order valence-corrected chi connectivity index (χ4v) is 6.16. The molecule has 1 aliphatic carbocycles. The van der Waals surface area contributed by atoms with E-state index >= 15 is 0 Å². The van der Waals surface area contributed by atoms with Crippen molar-refractivity contribution in [3.05, 3.63) is 59.7 Å². The third-order valence-corrected chi connectivity index (χ3v) is 6.80. The van der Waals surface area contributed by atoms with E-state index in [0.717, 1.165) is 12.1 Å².